The summed E-state index contributed by atoms with van der Waals surface area (Å²) in [5.74, 6) is 1.94. The van der Waals surface area contributed by atoms with Crippen molar-refractivity contribution >= 4 is 28.2 Å². The summed E-state index contributed by atoms with van der Waals surface area (Å²) < 4.78 is 12.8. The van der Waals surface area contributed by atoms with Crippen LogP contribution in [0.2, 0.25) is 0 Å². The third kappa shape index (κ3) is 3.65. The van der Waals surface area contributed by atoms with Crippen LogP contribution < -0.4 is 10.4 Å². The van der Waals surface area contributed by atoms with Gasteiger partial charge < -0.3 is 14.1 Å². The largest absolute Gasteiger partial charge is 0.493 e. The number of carbonyl (C=O) groups excluding carboxylic acids is 1. The van der Waals surface area contributed by atoms with Crippen molar-refractivity contribution in [2.45, 2.75) is 19.3 Å². The number of nitrogens with zero attached hydrogens (tertiary/aromatic N) is 3. The molecule has 3 aromatic heterocycles. The summed E-state index contributed by atoms with van der Waals surface area (Å²) >= 11 is 1.51. The molecule has 0 bridgehead atoms. The van der Waals surface area contributed by atoms with Gasteiger partial charge in [-0.1, -0.05) is 12.1 Å². The maximum atomic E-state index is 13.0. The average Bonchev–Trinajstić information content (AvgIpc) is 3.53. The second kappa shape index (κ2) is 8.07. The lowest BCUT2D eigenvalue weighted by molar-refractivity contribution is 0.0660. The van der Waals surface area contributed by atoms with Crippen LogP contribution in [0, 0.1) is 5.92 Å². The normalized spacial score (nSPS) is 14.9. The second-order valence-electron chi connectivity index (χ2n) is 7.66. The van der Waals surface area contributed by atoms with Crippen LogP contribution in [0.1, 0.15) is 29.2 Å². The zero-order valence-corrected chi connectivity index (χ0v) is 17.9. The molecule has 31 heavy (non-hydrogen) atoms. The van der Waals surface area contributed by atoms with E-state index in [1.807, 2.05) is 40.6 Å². The van der Waals surface area contributed by atoms with E-state index in [1.165, 1.54) is 11.3 Å². The highest BCUT2D eigenvalue weighted by Crippen LogP contribution is 2.30. The quantitative estimate of drug-likeness (QED) is 0.515. The first-order valence-corrected chi connectivity index (χ1v) is 11.1. The molecule has 0 unspecified atom stereocenters. The van der Waals surface area contributed by atoms with Crippen LogP contribution in [-0.2, 0) is 6.42 Å². The number of rotatable bonds is 5. The SMILES string of the molecule is COc1cccc2cc(C(=O)N3CCC(Cc4n[nH]c(=O)n4-c4cccs4)CC3)oc12. The number of benzene rings is 1. The van der Waals surface area contributed by atoms with Crippen LogP contribution >= 0.6 is 11.3 Å². The Balaban J connectivity index is 1.26. The van der Waals surface area contributed by atoms with Crippen LogP contribution in [0.25, 0.3) is 16.0 Å². The second-order valence-corrected chi connectivity index (χ2v) is 8.59. The van der Waals surface area contributed by atoms with Crippen molar-refractivity contribution in [2.24, 2.45) is 5.92 Å². The molecule has 1 aromatic carbocycles. The number of likely N-dealkylation sites (tertiary alicyclic amines) is 1. The van der Waals surface area contributed by atoms with Crippen LogP contribution in [0.5, 0.6) is 5.75 Å². The van der Waals surface area contributed by atoms with Crippen LogP contribution in [0.4, 0.5) is 0 Å². The molecule has 160 valence electrons. The maximum absolute atomic E-state index is 13.0. The van der Waals surface area contributed by atoms with Crippen molar-refractivity contribution in [2.75, 3.05) is 20.2 Å². The van der Waals surface area contributed by atoms with Crippen molar-refractivity contribution in [1.82, 2.24) is 19.7 Å². The van der Waals surface area contributed by atoms with Gasteiger partial charge in [-0.25, -0.2) is 14.5 Å². The van der Waals surface area contributed by atoms with E-state index in [9.17, 15) is 9.59 Å². The van der Waals surface area contributed by atoms with E-state index in [0.29, 0.717) is 42.5 Å². The molecular formula is C22H22N4O4S. The molecule has 1 fully saturated rings. The fraction of sp³-hybridized carbons (Fsp3) is 0.318. The molecule has 1 N–H and O–H groups in total. The minimum absolute atomic E-state index is 0.105. The molecule has 8 nitrogen and oxygen atoms in total. The standard InChI is InChI=1S/C22H22N4O4S/c1-29-16-5-2-4-15-13-17(30-20(15)16)21(27)25-9-7-14(8-10-25)12-18-23-24-22(28)26(18)19-6-3-11-31-19/h2-6,11,13-14H,7-10,12H2,1H3,(H,24,28). The predicted octanol–water partition coefficient (Wildman–Crippen LogP) is 3.47. The number of hydrogen-bond donors (Lipinski definition) is 1. The Morgan fingerprint density at radius 3 is 2.87 bits per heavy atom. The predicted molar refractivity (Wildman–Crippen MR) is 117 cm³/mol. The third-order valence-corrected chi connectivity index (χ3v) is 6.63. The zero-order valence-electron chi connectivity index (χ0n) is 17.0. The number of thiophene rings is 1. The molecule has 4 aromatic rings. The number of para-hydroxylation sites is 1. The van der Waals surface area contributed by atoms with Gasteiger partial charge in [0, 0.05) is 24.9 Å². The van der Waals surface area contributed by atoms with Gasteiger partial charge in [-0.15, -0.1) is 11.3 Å². The van der Waals surface area contributed by atoms with Crippen molar-refractivity contribution in [1.29, 1.82) is 0 Å². The highest BCUT2D eigenvalue weighted by molar-refractivity contribution is 7.12. The smallest absolute Gasteiger partial charge is 0.348 e. The average molecular weight is 439 g/mol. The first-order valence-electron chi connectivity index (χ1n) is 10.2. The Morgan fingerprint density at radius 2 is 2.13 bits per heavy atom. The van der Waals surface area contributed by atoms with Gasteiger partial charge in [0.2, 0.25) is 0 Å². The van der Waals surface area contributed by atoms with Gasteiger partial charge in [0.25, 0.3) is 5.91 Å². The molecule has 0 spiro atoms. The van der Waals surface area contributed by atoms with Crippen molar-refractivity contribution in [3.05, 3.63) is 63.8 Å². The summed E-state index contributed by atoms with van der Waals surface area (Å²) in [7, 11) is 1.58. The zero-order chi connectivity index (χ0) is 21.4. The Labute approximate surface area is 182 Å². The van der Waals surface area contributed by atoms with Gasteiger partial charge in [0.1, 0.15) is 10.8 Å². The number of ether oxygens (including phenoxy) is 1. The lowest BCUT2D eigenvalue weighted by Gasteiger charge is -2.31. The van der Waals surface area contributed by atoms with Crippen LogP contribution in [0.3, 0.4) is 0 Å². The Morgan fingerprint density at radius 1 is 1.29 bits per heavy atom. The van der Waals surface area contributed by atoms with Gasteiger partial charge in [0.15, 0.2) is 17.1 Å². The number of methoxy groups -OCH3 is 1. The molecule has 1 aliphatic heterocycles. The van der Waals surface area contributed by atoms with Gasteiger partial charge in [0.05, 0.1) is 7.11 Å². The molecule has 1 saturated heterocycles. The highest BCUT2D eigenvalue weighted by atomic mass is 32.1. The molecular weight excluding hydrogens is 416 g/mol. The van der Waals surface area contributed by atoms with Gasteiger partial charge in [-0.2, -0.15) is 5.10 Å². The number of aromatic nitrogens is 3. The molecule has 0 saturated carbocycles. The number of fused-ring (bicyclic) bond motifs is 1. The summed E-state index contributed by atoms with van der Waals surface area (Å²) in [5, 5.41) is 10.4. The highest BCUT2D eigenvalue weighted by Gasteiger charge is 2.27. The maximum Gasteiger partial charge on any atom is 0.348 e. The number of amides is 1. The van der Waals surface area contributed by atoms with E-state index in [0.717, 1.165) is 29.1 Å². The molecule has 0 aliphatic carbocycles. The van der Waals surface area contributed by atoms with Gasteiger partial charge >= 0.3 is 5.69 Å². The first-order chi connectivity index (χ1) is 15.1. The number of carbonyl (C=O) groups is 1. The minimum Gasteiger partial charge on any atom is -0.493 e. The lowest BCUT2D eigenvalue weighted by Crippen LogP contribution is -2.39. The van der Waals surface area contributed by atoms with E-state index in [2.05, 4.69) is 10.2 Å². The fourth-order valence-corrected chi connectivity index (χ4v) is 4.89. The number of H-pyrrole nitrogens is 1. The van der Waals surface area contributed by atoms with Gasteiger partial charge in [-0.05, 0) is 48.4 Å². The van der Waals surface area contributed by atoms with E-state index in [4.69, 9.17) is 9.15 Å². The molecule has 1 aliphatic rings. The van der Waals surface area contributed by atoms with Gasteiger partial charge in [-0.3, -0.25) is 4.79 Å². The van der Waals surface area contributed by atoms with E-state index in [-0.39, 0.29) is 11.6 Å². The molecule has 0 radical (unpaired) electrons. The molecule has 5 rings (SSSR count). The van der Waals surface area contributed by atoms with E-state index >= 15 is 0 Å². The van der Waals surface area contributed by atoms with Crippen molar-refractivity contribution in [3.8, 4) is 10.8 Å². The molecule has 4 heterocycles. The third-order valence-electron chi connectivity index (χ3n) is 5.78. The summed E-state index contributed by atoms with van der Waals surface area (Å²) in [6.45, 7) is 1.29. The van der Waals surface area contributed by atoms with E-state index in [1.54, 1.807) is 17.7 Å². The lowest BCUT2D eigenvalue weighted by atomic mass is 9.93. The summed E-state index contributed by atoms with van der Waals surface area (Å²) in [6, 6.07) is 11.2. The molecule has 0 atom stereocenters. The Bertz CT molecular complexity index is 1260. The molecule has 9 heteroatoms. The molecule has 1 amide bonds. The number of aromatic amines is 1. The topological polar surface area (TPSA) is 93.4 Å². The number of furan rings is 1. The monoisotopic (exact) mass is 438 g/mol. The first kappa shape index (κ1) is 19.6. The summed E-state index contributed by atoms with van der Waals surface area (Å²) in [4.78, 5) is 27.0. The number of nitrogens with one attached hydrogen (secondary N) is 1. The summed E-state index contributed by atoms with van der Waals surface area (Å²) in [6.07, 6.45) is 2.39. The number of hydrogen-bond acceptors (Lipinski definition) is 6. The summed E-state index contributed by atoms with van der Waals surface area (Å²) in [5.41, 5.74) is 0.374. The number of piperidine rings is 1. The van der Waals surface area contributed by atoms with Crippen molar-refractivity contribution in [3.63, 3.8) is 0 Å². The Hall–Kier alpha value is -3.33. The Kier molecular flexibility index (Phi) is 5.11. The minimum atomic E-state index is -0.217. The fourth-order valence-electron chi connectivity index (χ4n) is 4.15. The van der Waals surface area contributed by atoms with Crippen LogP contribution in [-0.4, -0.2) is 45.8 Å². The van der Waals surface area contributed by atoms with Crippen LogP contribution in [0.15, 0.2) is 51.0 Å². The van der Waals surface area contributed by atoms with E-state index < -0.39 is 0 Å². The van der Waals surface area contributed by atoms with Crippen molar-refractivity contribution < 1.29 is 13.9 Å².